The van der Waals surface area contributed by atoms with Crippen LogP contribution in [0.3, 0.4) is 0 Å². The Hall–Kier alpha value is -0.900. The molecule has 2 saturated carbocycles. The Morgan fingerprint density at radius 1 is 1.53 bits per heavy atom. The summed E-state index contributed by atoms with van der Waals surface area (Å²) in [4.78, 5) is 4.42. The van der Waals surface area contributed by atoms with Gasteiger partial charge in [-0.15, -0.1) is 0 Å². The summed E-state index contributed by atoms with van der Waals surface area (Å²) in [5, 5.41) is 4.02. The maximum Gasteiger partial charge on any atom is 0.228 e. The van der Waals surface area contributed by atoms with Crippen molar-refractivity contribution in [2.75, 3.05) is 0 Å². The first kappa shape index (κ1) is 9.33. The lowest BCUT2D eigenvalue weighted by molar-refractivity contribution is 0.359. The van der Waals surface area contributed by atoms with Crippen molar-refractivity contribution in [3.8, 4) is 0 Å². The average Bonchev–Trinajstić information content (AvgIpc) is 3.10. The molecule has 82 valence electrons. The summed E-state index contributed by atoms with van der Waals surface area (Å²) in [7, 11) is 0. The highest BCUT2D eigenvalue weighted by Crippen LogP contribution is 2.45. The predicted octanol–water partition coefficient (Wildman–Crippen LogP) is 1.47. The molecule has 3 unspecified atom stereocenters. The molecule has 0 saturated heterocycles. The van der Waals surface area contributed by atoms with Gasteiger partial charge in [0.05, 0.1) is 0 Å². The van der Waals surface area contributed by atoms with Crippen LogP contribution >= 0.6 is 0 Å². The minimum atomic E-state index is 0.218. The molecule has 3 rings (SSSR count). The van der Waals surface area contributed by atoms with Crippen LogP contribution in [0.2, 0.25) is 0 Å². The summed E-state index contributed by atoms with van der Waals surface area (Å²) < 4.78 is 5.22. The summed E-state index contributed by atoms with van der Waals surface area (Å²) in [5.41, 5.74) is 6.01. The number of aromatic nitrogens is 2. The van der Waals surface area contributed by atoms with Gasteiger partial charge in [-0.1, -0.05) is 12.1 Å². The van der Waals surface area contributed by atoms with E-state index in [1.807, 2.05) is 0 Å². The van der Waals surface area contributed by atoms with Gasteiger partial charge >= 0.3 is 0 Å². The molecule has 2 fully saturated rings. The lowest BCUT2D eigenvalue weighted by Crippen LogP contribution is -2.25. The van der Waals surface area contributed by atoms with E-state index in [4.69, 9.17) is 10.3 Å². The maximum atomic E-state index is 6.01. The fraction of sp³-hybridized carbons (Fsp3) is 0.818. The van der Waals surface area contributed by atoms with Gasteiger partial charge in [-0.05, 0) is 31.1 Å². The highest BCUT2D eigenvalue weighted by molar-refractivity contribution is 5.08. The summed E-state index contributed by atoms with van der Waals surface area (Å²) >= 11 is 0. The molecular formula is C11H17N3O. The zero-order chi connectivity index (χ0) is 10.4. The second kappa shape index (κ2) is 3.30. The molecule has 2 aliphatic rings. The Morgan fingerprint density at radius 2 is 2.27 bits per heavy atom. The van der Waals surface area contributed by atoms with Crippen LogP contribution in [0.15, 0.2) is 4.52 Å². The van der Waals surface area contributed by atoms with Crippen molar-refractivity contribution in [3.05, 3.63) is 11.7 Å². The van der Waals surface area contributed by atoms with Gasteiger partial charge in [0.25, 0.3) is 0 Å². The average molecular weight is 207 g/mol. The Kier molecular flexibility index (Phi) is 2.06. The molecule has 2 aliphatic carbocycles. The van der Waals surface area contributed by atoms with Crippen LogP contribution < -0.4 is 5.73 Å². The fourth-order valence-corrected chi connectivity index (χ4v) is 2.08. The van der Waals surface area contributed by atoms with Gasteiger partial charge in [0.15, 0.2) is 5.82 Å². The van der Waals surface area contributed by atoms with Crippen LogP contribution in [0.1, 0.15) is 43.8 Å². The highest BCUT2D eigenvalue weighted by atomic mass is 16.5. The molecule has 1 aromatic rings. The van der Waals surface area contributed by atoms with Crippen LogP contribution in [0.5, 0.6) is 0 Å². The summed E-state index contributed by atoms with van der Waals surface area (Å²) in [6.45, 7) is 2.22. The maximum absolute atomic E-state index is 6.01. The zero-order valence-corrected chi connectivity index (χ0v) is 9.02. The van der Waals surface area contributed by atoms with Gasteiger partial charge in [0.1, 0.15) is 0 Å². The Morgan fingerprint density at radius 3 is 2.87 bits per heavy atom. The van der Waals surface area contributed by atoms with Crippen LogP contribution in [-0.4, -0.2) is 16.2 Å². The van der Waals surface area contributed by atoms with E-state index in [0.29, 0.717) is 11.8 Å². The minimum absolute atomic E-state index is 0.218. The van der Waals surface area contributed by atoms with Gasteiger partial charge < -0.3 is 10.3 Å². The number of nitrogens with two attached hydrogens (primary N) is 1. The van der Waals surface area contributed by atoms with E-state index in [2.05, 4.69) is 17.1 Å². The van der Waals surface area contributed by atoms with Crippen molar-refractivity contribution in [1.29, 1.82) is 0 Å². The molecule has 15 heavy (non-hydrogen) atoms. The predicted molar refractivity (Wildman–Crippen MR) is 55.2 cm³/mol. The standard InChI is InChI=1S/C11H17N3O/c1-6-4-8(6)11-13-10(15-14-11)5-9(12)7-2-3-7/h6-9H,2-5,12H2,1H3. The van der Waals surface area contributed by atoms with Gasteiger partial charge in [-0.3, -0.25) is 0 Å². The van der Waals surface area contributed by atoms with Crippen LogP contribution in [0.25, 0.3) is 0 Å². The molecule has 0 aliphatic heterocycles. The quantitative estimate of drug-likeness (QED) is 0.812. The first-order valence-electron chi connectivity index (χ1n) is 5.82. The molecule has 1 aromatic heterocycles. The van der Waals surface area contributed by atoms with Gasteiger partial charge in [-0.2, -0.15) is 4.98 Å². The third-order valence-corrected chi connectivity index (χ3v) is 3.56. The zero-order valence-electron chi connectivity index (χ0n) is 9.02. The lowest BCUT2D eigenvalue weighted by atomic mass is 10.1. The third kappa shape index (κ3) is 1.91. The summed E-state index contributed by atoms with van der Waals surface area (Å²) in [5.74, 6) is 3.58. The Bertz CT molecular complexity index is 358. The van der Waals surface area contributed by atoms with Gasteiger partial charge in [0, 0.05) is 18.4 Å². The minimum Gasteiger partial charge on any atom is -0.339 e. The molecule has 2 N–H and O–H groups in total. The van der Waals surface area contributed by atoms with Crippen molar-refractivity contribution in [2.45, 2.75) is 44.6 Å². The number of rotatable bonds is 4. The SMILES string of the molecule is CC1CC1c1noc(CC(N)C2CC2)n1. The summed E-state index contributed by atoms with van der Waals surface area (Å²) in [6.07, 6.45) is 4.48. The second-order valence-corrected chi connectivity index (χ2v) is 5.07. The molecule has 1 heterocycles. The molecule has 0 amide bonds. The summed E-state index contributed by atoms with van der Waals surface area (Å²) in [6, 6.07) is 0.218. The van der Waals surface area contributed by atoms with E-state index in [1.54, 1.807) is 0 Å². The van der Waals surface area contributed by atoms with E-state index in [0.717, 1.165) is 24.1 Å². The van der Waals surface area contributed by atoms with E-state index in [1.165, 1.54) is 19.3 Å². The molecule has 4 heteroatoms. The Labute approximate surface area is 89.2 Å². The van der Waals surface area contributed by atoms with Crippen molar-refractivity contribution in [2.24, 2.45) is 17.6 Å². The lowest BCUT2D eigenvalue weighted by Gasteiger charge is -2.04. The van der Waals surface area contributed by atoms with Crippen molar-refractivity contribution in [1.82, 2.24) is 10.1 Å². The second-order valence-electron chi connectivity index (χ2n) is 5.07. The molecule has 0 radical (unpaired) electrons. The van der Waals surface area contributed by atoms with Gasteiger partial charge in [-0.25, -0.2) is 0 Å². The normalized spacial score (nSPS) is 31.6. The highest BCUT2D eigenvalue weighted by Gasteiger charge is 2.38. The Balaban J connectivity index is 1.62. The number of hydrogen-bond donors (Lipinski definition) is 1. The van der Waals surface area contributed by atoms with Crippen LogP contribution in [-0.2, 0) is 6.42 Å². The molecule has 3 atom stereocenters. The molecule has 4 nitrogen and oxygen atoms in total. The van der Waals surface area contributed by atoms with Crippen molar-refractivity contribution >= 4 is 0 Å². The van der Waals surface area contributed by atoms with Crippen molar-refractivity contribution < 1.29 is 4.52 Å². The van der Waals surface area contributed by atoms with E-state index < -0.39 is 0 Å². The van der Waals surface area contributed by atoms with E-state index in [-0.39, 0.29) is 6.04 Å². The number of hydrogen-bond acceptors (Lipinski definition) is 4. The van der Waals surface area contributed by atoms with E-state index in [9.17, 15) is 0 Å². The smallest absolute Gasteiger partial charge is 0.228 e. The molecule has 0 aromatic carbocycles. The largest absolute Gasteiger partial charge is 0.339 e. The first-order chi connectivity index (χ1) is 7.24. The van der Waals surface area contributed by atoms with Crippen LogP contribution in [0.4, 0.5) is 0 Å². The molecular weight excluding hydrogens is 190 g/mol. The monoisotopic (exact) mass is 207 g/mol. The number of nitrogens with zero attached hydrogens (tertiary/aromatic N) is 2. The fourth-order valence-electron chi connectivity index (χ4n) is 2.08. The third-order valence-electron chi connectivity index (χ3n) is 3.56. The van der Waals surface area contributed by atoms with Crippen molar-refractivity contribution in [3.63, 3.8) is 0 Å². The van der Waals surface area contributed by atoms with Gasteiger partial charge in [0.2, 0.25) is 5.89 Å². The van der Waals surface area contributed by atoms with Crippen LogP contribution in [0, 0.1) is 11.8 Å². The topological polar surface area (TPSA) is 64.9 Å². The molecule has 0 bridgehead atoms. The molecule has 0 spiro atoms. The van der Waals surface area contributed by atoms with E-state index >= 15 is 0 Å². The first-order valence-corrected chi connectivity index (χ1v) is 5.82.